The lowest BCUT2D eigenvalue weighted by atomic mass is 9.86. The van der Waals surface area contributed by atoms with Gasteiger partial charge in [0.15, 0.2) is 0 Å². The predicted molar refractivity (Wildman–Crippen MR) is 113 cm³/mol. The van der Waals surface area contributed by atoms with Crippen molar-refractivity contribution in [3.63, 3.8) is 0 Å². The number of aromatic nitrogens is 1. The van der Waals surface area contributed by atoms with Crippen LogP contribution in [0.1, 0.15) is 32.8 Å². The number of nitrogens with zero attached hydrogens (tertiary/aromatic N) is 2. The van der Waals surface area contributed by atoms with Gasteiger partial charge in [0.2, 0.25) is 11.8 Å². The van der Waals surface area contributed by atoms with Crippen LogP contribution >= 0.6 is 11.3 Å². The number of thiazole rings is 1. The Kier molecular flexibility index (Phi) is 6.48. The van der Waals surface area contributed by atoms with E-state index in [1.807, 2.05) is 45.0 Å². The number of nitrogens with one attached hydrogen (secondary N) is 1. The molecule has 1 saturated heterocycles. The molecule has 0 saturated carbocycles. The molecule has 0 radical (unpaired) electrons. The van der Waals surface area contributed by atoms with Crippen LogP contribution in [0.15, 0.2) is 36.0 Å². The summed E-state index contributed by atoms with van der Waals surface area (Å²) in [6.45, 7) is 6.10. The SMILES string of the molecule is CC(C)(C)[C@H](N)C(=O)N(Cc1ccc(-c2cncs2)cc1)C(=O)[C@@H]1C[C@@H](O)CN1. The molecule has 156 valence electrons. The van der Waals surface area contributed by atoms with E-state index in [0.29, 0.717) is 6.54 Å². The van der Waals surface area contributed by atoms with E-state index in [-0.39, 0.29) is 18.9 Å². The van der Waals surface area contributed by atoms with Crippen molar-refractivity contribution < 1.29 is 14.7 Å². The molecule has 4 N–H and O–H groups in total. The molecule has 8 heteroatoms. The van der Waals surface area contributed by atoms with Gasteiger partial charge in [0.1, 0.15) is 0 Å². The number of aliphatic hydroxyl groups excluding tert-OH is 1. The minimum absolute atomic E-state index is 0.138. The van der Waals surface area contributed by atoms with E-state index in [9.17, 15) is 14.7 Å². The summed E-state index contributed by atoms with van der Waals surface area (Å²) < 4.78 is 0. The van der Waals surface area contributed by atoms with Crippen LogP contribution < -0.4 is 11.1 Å². The quantitative estimate of drug-likeness (QED) is 0.685. The highest BCUT2D eigenvalue weighted by molar-refractivity contribution is 7.13. The Bertz CT molecular complexity index is 846. The van der Waals surface area contributed by atoms with Crippen molar-refractivity contribution in [1.82, 2.24) is 15.2 Å². The molecule has 2 amide bonds. The zero-order valence-corrected chi connectivity index (χ0v) is 17.8. The maximum Gasteiger partial charge on any atom is 0.246 e. The molecule has 1 aliphatic heterocycles. The first kappa shape index (κ1) is 21.6. The lowest BCUT2D eigenvalue weighted by Gasteiger charge is -2.32. The van der Waals surface area contributed by atoms with E-state index in [2.05, 4.69) is 10.3 Å². The molecule has 0 bridgehead atoms. The fourth-order valence-electron chi connectivity index (χ4n) is 3.21. The topological polar surface area (TPSA) is 109 Å². The smallest absolute Gasteiger partial charge is 0.246 e. The second kappa shape index (κ2) is 8.71. The average molecular weight is 417 g/mol. The first-order valence-electron chi connectivity index (χ1n) is 9.67. The summed E-state index contributed by atoms with van der Waals surface area (Å²) in [5.41, 5.74) is 9.35. The Morgan fingerprint density at radius 2 is 2.03 bits per heavy atom. The zero-order chi connectivity index (χ0) is 21.2. The van der Waals surface area contributed by atoms with Crippen LogP contribution in [0.4, 0.5) is 0 Å². The van der Waals surface area contributed by atoms with E-state index < -0.39 is 29.5 Å². The van der Waals surface area contributed by atoms with Gasteiger partial charge in [-0.25, -0.2) is 0 Å². The van der Waals surface area contributed by atoms with Crippen LogP contribution in [0.25, 0.3) is 10.4 Å². The predicted octanol–water partition coefficient (Wildman–Crippen LogP) is 1.76. The number of β-amino-alcohol motifs (C(OH)–C–C–N with tert-alkyl or cyclic N) is 1. The molecule has 1 aromatic heterocycles. The van der Waals surface area contributed by atoms with Gasteiger partial charge in [-0.15, -0.1) is 11.3 Å². The number of carbonyl (C=O) groups is 2. The molecule has 3 atom stereocenters. The Morgan fingerprint density at radius 1 is 1.34 bits per heavy atom. The van der Waals surface area contributed by atoms with Gasteiger partial charge >= 0.3 is 0 Å². The van der Waals surface area contributed by atoms with E-state index in [4.69, 9.17) is 5.73 Å². The molecule has 2 heterocycles. The number of benzene rings is 1. The van der Waals surface area contributed by atoms with Gasteiger partial charge in [0, 0.05) is 12.7 Å². The summed E-state index contributed by atoms with van der Waals surface area (Å²) in [4.78, 5) is 32.6. The minimum atomic E-state index is -0.811. The van der Waals surface area contributed by atoms with Crippen LogP contribution in [0.2, 0.25) is 0 Å². The Balaban J connectivity index is 1.82. The van der Waals surface area contributed by atoms with Crippen molar-refractivity contribution in [3.8, 4) is 10.4 Å². The highest BCUT2D eigenvalue weighted by Crippen LogP contribution is 2.25. The molecular weight excluding hydrogens is 388 g/mol. The van der Waals surface area contributed by atoms with Gasteiger partial charge < -0.3 is 16.2 Å². The van der Waals surface area contributed by atoms with E-state index in [1.165, 1.54) is 4.90 Å². The molecule has 3 rings (SSSR count). The number of hydrogen-bond acceptors (Lipinski definition) is 7. The highest BCUT2D eigenvalue weighted by Gasteiger charge is 2.38. The Hall–Kier alpha value is -2.13. The molecular formula is C21H28N4O3S. The fourth-order valence-corrected chi connectivity index (χ4v) is 3.84. The third-order valence-corrected chi connectivity index (χ3v) is 5.97. The summed E-state index contributed by atoms with van der Waals surface area (Å²) in [7, 11) is 0. The maximum atomic E-state index is 13.1. The molecule has 1 aliphatic rings. The monoisotopic (exact) mass is 416 g/mol. The molecule has 0 unspecified atom stereocenters. The molecule has 1 fully saturated rings. The van der Waals surface area contributed by atoms with E-state index in [0.717, 1.165) is 16.0 Å². The number of rotatable bonds is 5. The average Bonchev–Trinajstić information content (AvgIpc) is 3.36. The molecule has 0 aliphatic carbocycles. The lowest BCUT2D eigenvalue weighted by molar-refractivity contribution is -0.149. The minimum Gasteiger partial charge on any atom is -0.392 e. The van der Waals surface area contributed by atoms with Crippen molar-refractivity contribution in [1.29, 1.82) is 0 Å². The summed E-state index contributed by atoms with van der Waals surface area (Å²) in [5, 5.41) is 12.8. The van der Waals surface area contributed by atoms with Gasteiger partial charge in [-0.1, -0.05) is 45.0 Å². The number of imide groups is 1. The third kappa shape index (κ3) is 5.08. The van der Waals surface area contributed by atoms with Crippen molar-refractivity contribution in [3.05, 3.63) is 41.5 Å². The molecule has 0 spiro atoms. The first-order valence-corrected chi connectivity index (χ1v) is 10.5. The van der Waals surface area contributed by atoms with Crippen LogP contribution in [-0.2, 0) is 16.1 Å². The normalized spacial score (nSPS) is 20.4. The second-order valence-corrected chi connectivity index (χ2v) is 9.41. The molecule has 29 heavy (non-hydrogen) atoms. The highest BCUT2D eigenvalue weighted by atomic mass is 32.1. The van der Waals surface area contributed by atoms with E-state index in [1.54, 1.807) is 23.0 Å². The van der Waals surface area contributed by atoms with Gasteiger partial charge in [-0.2, -0.15) is 0 Å². The third-order valence-electron chi connectivity index (χ3n) is 5.15. The maximum absolute atomic E-state index is 13.1. The largest absolute Gasteiger partial charge is 0.392 e. The van der Waals surface area contributed by atoms with Crippen molar-refractivity contribution >= 4 is 23.2 Å². The summed E-state index contributed by atoms with van der Waals surface area (Å²) >= 11 is 1.55. The van der Waals surface area contributed by atoms with Crippen LogP contribution in [0.3, 0.4) is 0 Å². The summed E-state index contributed by atoms with van der Waals surface area (Å²) in [6, 6.07) is 6.32. The molecule has 2 aromatic rings. The van der Waals surface area contributed by atoms with Crippen molar-refractivity contribution in [2.75, 3.05) is 6.54 Å². The number of hydrogen-bond donors (Lipinski definition) is 3. The number of aliphatic hydroxyl groups is 1. The Labute approximate surface area is 174 Å². The fraction of sp³-hybridized carbons (Fsp3) is 0.476. The van der Waals surface area contributed by atoms with Gasteiger partial charge in [0.05, 0.1) is 35.1 Å². The number of carbonyl (C=O) groups excluding carboxylic acids is 2. The number of nitrogens with two attached hydrogens (primary N) is 1. The van der Waals surface area contributed by atoms with Gasteiger partial charge in [0.25, 0.3) is 0 Å². The molecule has 7 nitrogen and oxygen atoms in total. The van der Waals surface area contributed by atoms with Crippen molar-refractivity contribution in [2.24, 2.45) is 11.1 Å². The lowest BCUT2D eigenvalue weighted by Crippen LogP contribution is -2.55. The van der Waals surface area contributed by atoms with Gasteiger partial charge in [-0.05, 0) is 23.0 Å². The first-order chi connectivity index (χ1) is 13.7. The standard InChI is InChI=1S/C21H28N4O3S/c1-21(2,3)18(22)20(28)25(19(27)16-8-15(26)9-24-16)11-13-4-6-14(7-5-13)17-10-23-12-29-17/h4-7,10,12,15-16,18,24,26H,8-9,11,22H2,1-3H3/t15-,16+,18-/m1/s1. The van der Waals surface area contributed by atoms with Crippen LogP contribution in [-0.4, -0.2) is 51.5 Å². The summed E-state index contributed by atoms with van der Waals surface area (Å²) in [6.07, 6.45) is 1.51. The van der Waals surface area contributed by atoms with Crippen molar-refractivity contribution in [2.45, 2.75) is 51.9 Å². The van der Waals surface area contributed by atoms with Crippen LogP contribution in [0, 0.1) is 5.41 Å². The van der Waals surface area contributed by atoms with E-state index >= 15 is 0 Å². The number of amides is 2. The van der Waals surface area contributed by atoms with Crippen LogP contribution in [0.5, 0.6) is 0 Å². The second-order valence-electron chi connectivity index (χ2n) is 8.52. The zero-order valence-electron chi connectivity index (χ0n) is 17.0. The molecule has 1 aromatic carbocycles. The Morgan fingerprint density at radius 3 is 2.55 bits per heavy atom. The van der Waals surface area contributed by atoms with Gasteiger partial charge in [-0.3, -0.25) is 19.5 Å². The summed E-state index contributed by atoms with van der Waals surface area (Å²) in [5.74, 6) is -0.755.